The van der Waals surface area contributed by atoms with Gasteiger partial charge in [-0.3, -0.25) is 15.8 Å². The average Bonchev–Trinajstić information content (AvgIpc) is 2.93. The lowest BCUT2D eigenvalue weighted by molar-refractivity contribution is 0.481. The van der Waals surface area contributed by atoms with E-state index in [0.29, 0.717) is 18.5 Å². The molecule has 2 atom stereocenters. The van der Waals surface area contributed by atoms with Crippen LogP contribution in [0.2, 0.25) is 0 Å². The second kappa shape index (κ2) is 8.36. The van der Waals surface area contributed by atoms with Crippen molar-refractivity contribution in [1.29, 1.82) is 0 Å². The molecule has 1 aliphatic rings. The Hall–Kier alpha value is -1.31. The number of nitrogens with one attached hydrogen (secondary N) is 4. The molecule has 1 aromatic rings. The predicted octanol–water partition coefficient (Wildman–Crippen LogP) is 1.33. The summed E-state index contributed by atoms with van der Waals surface area (Å²) < 4.78 is 13.4. The third-order valence-corrected chi connectivity index (χ3v) is 4.68. The Morgan fingerprint density at radius 2 is 2.27 bits per heavy atom. The van der Waals surface area contributed by atoms with Gasteiger partial charge >= 0.3 is 0 Å². The van der Waals surface area contributed by atoms with Crippen molar-refractivity contribution in [2.75, 3.05) is 26.4 Å². The van der Waals surface area contributed by atoms with Crippen molar-refractivity contribution in [3.8, 4) is 0 Å². The lowest BCUT2D eigenvalue weighted by Gasteiger charge is -2.18. The number of hydrogen-bond donors (Lipinski definition) is 4. The summed E-state index contributed by atoms with van der Waals surface area (Å²) in [6, 6.07) is 5.30. The molecule has 1 heterocycles. The minimum absolute atomic E-state index is 0.213. The van der Waals surface area contributed by atoms with Gasteiger partial charge in [-0.05, 0) is 36.9 Å². The first-order chi connectivity index (χ1) is 10.6. The number of hydrazine groups is 1. The zero-order valence-corrected chi connectivity index (χ0v) is 14.1. The van der Waals surface area contributed by atoms with Gasteiger partial charge in [-0.1, -0.05) is 0 Å². The molecule has 5 nitrogen and oxygen atoms in total. The molecule has 0 aromatic heterocycles. The number of thioether (sulfide) groups is 1. The number of halogens is 1. The van der Waals surface area contributed by atoms with Crippen molar-refractivity contribution in [1.82, 2.24) is 21.5 Å². The highest BCUT2D eigenvalue weighted by Crippen LogP contribution is 2.21. The maximum atomic E-state index is 13.4. The predicted molar refractivity (Wildman–Crippen MR) is 90.5 cm³/mol. The number of aliphatic imine (C=N–C) groups is 1. The summed E-state index contributed by atoms with van der Waals surface area (Å²) in [6.07, 6.45) is 1.99. The summed E-state index contributed by atoms with van der Waals surface area (Å²) in [4.78, 5) is 5.29. The summed E-state index contributed by atoms with van der Waals surface area (Å²) in [5, 5.41) is 6.57. The first kappa shape index (κ1) is 17.1. The molecule has 22 heavy (non-hydrogen) atoms. The Morgan fingerprint density at radius 1 is 1.45 bits per heavy atom. The fourth-order valence-corrected chi connectivity index (χ4v) is 3.00. The van der Waals surface area contributed by atoms with Crippen molar-refractivity contribution >= 4 is 17.7 Å². The van der Waals surface area contributed by atoms with Crippen LogP contribution in [0.5, 0.6) is 0 Å². The smallest absolute Gasteiger partial charge is 0.191 e. The van der Waals surface area contributed by atoms with Gasteiger partial charge in [-0.15, -0.1) is 11.8 Å². The molecule has 1 aromatic carbocycles. The Balaban J connectivity index is 1.87. The van der Waals surface area contributed by atoms with Crippen LogP contribution >= 0.6 is 11.8 Å². The van der Waals surface area contributed by atoms with E-state index in [-0.39, 0.29) is 5.82 Å². The molecule has 0 spiro atoms. The molecule has 4 N–H and O–H groups in total. The zero-order valence-electron chi connectivity index (χ0n) is 13.2. The minimum atomic E-state index is -0.213. The molecule has 0 aliphatic carbocycles. The molecule has 7 heteroatoms. The van der Waals surface area contributed by atoms with Crippen LogP contribution in [0.1, 0.15) is 12.5 Å². The highest BCUT2D eigenvalue weighted by Gasteiger charge is 2.22. The quantitative estimate of drug-likeness (QED) is 0.374. The molecule has 2 unspecified atom stereocenters. The lowest BCUT2D eigenvalue weighted by Crippen LogP contribution is -2.41. The maximum Gasteiger partial charge on any atom is 0.191 e. The Bertz CT molecular complexity index is 523. The van der Waals surface area contributed by atoms with Gasteiger partial charge in [0.2, 0.25) is 0 Å². The van der Waals surface area contributed by atoms with E-state index < -0.39 is 0 Å². The second-order valence-electron chi connectivity index (χ2n) is 5.34. The van der Waals surface area contributed by atoms with E-state index >= 15 is 0 Å². The van der Waals surface area contributed by atoms with E-state index in [9.17, 15) is 4.39 Å². The van der Waals surface area contributed by atoms with Crippen LogP contribution in [0.4, 0.5) is 4.39 Å². The molecule has 122 valence electrons. The summed E-state index contributed by atoms with van der Waals surface area (Å²) in [6.45, 7) is 4.47. The normalized spacial score (nSPS) is 21.9. The van der Waals surface area contributed by atoms with E-state index in [1.165, 1.54) is 6.07 Å². The molecular weight excluding hydrogens is 301 g/mol. The molecule has 0 radical (unpaired) electrons. The van der Waals surface area contributed by atoms with Crippen LogP contribution in [0.3, 0.4) is 0 Å². The van der Waals surface area contributed by atoms with Gasteiger partial charge < -0.3 is 10.6 Å². The van der Waals surface area contributed by atoms with Crippen LogP contribution < -0.4 is 21.5 Å². The Kier molecular flexibility index (Phi) is 6.48. The van der Waals surface area contributed by atoms with Gasteiger partial charge in [-0.2, -0.15) is 0 Å². The van der Waals surface area contributed by atoms with Crippen molar-refractivity contribution < 1.29 is 4.39 Å². The lowest BCUT2D eigenvalue weighted by atomic mass is 10.0. The van der Waals surface area contributed by atoms with Gasteiger partial charge in [0.15, 0.2) is 5.96 Å². The highest BCUT2D eigenvalue weighted by atomic mass is 32.2. The first-order valence-corrected chi connectivity index (χ1v) is 8.62. The van der Waals surface area contributed by atoms with Crippen molar-refractivity contribution in [2.45, 2.75) is 24.4 Å². The summed E-state index contributed by atoms with van der Waals surface area (Å²) in [5.41, 5.74) is 7.28. The second-order valence-corrected chi connectivity index (χ2v) is 6.18. The van der Waals surface area contributed by atoms with E-state index in [1.807, 2.05) is 12.3 Å². The molecule has 0 saturated carbocycles. The number of hydrogen-bond acceptors (Lipinski definition) is 4. The van der Waals surface area contributed by atoms with Crippen LogP contribution in [0, 0.1) is 11.7 Å². The van der Waals surface area contributed by atoms with Crippen LogP contribution in [0.25, 0.3) is 0 Å². The number of guanidine groups is 1. The van der Waals surface area contributed by atoms with Crippen molar-refractivity contribution in [3.05, 3.63) is 29.6 Å². The van der Waals surface area contributed by atoms with Crippen molar-refractivity contribution in [3.63, 3.8) is 0 Å². The van der Waals surface area contributed by atoms with E-state index in [2.05, 4.69) is 33.4 Å². The fraction of sp³-hybridized carbons (Fsp3) is 0.533. The van der Waals surface area contributed by atoms with E-state index in [1.54, 1.807) is 24.9 Å². The van der Waals surface area contributed by atoms with Crippen LogP contribution in [-0.2, 0) is 6.54 Å². The molecule has 1 fully saturated rings. The SMILES string of the molecule is CN=C(NCc1cc(F)ccc1SC)NCC1CNNC1C. The Morgan fingerprint density at radius 3 is 2.91 bits per heavy atom. The van der Waals surface area contributed by atoms with Gasteiger partial charge in [0.05, 0.1) is 0 Å². The third-order valence-electron chi connectivity index (χ3n) is 3.85. The topological polar surface area (TPSA) is 60.5 Å². The summed E-state index contributed by atoms with van der Waals surface area (Å²) >= 11 is 1.61. The van der Waals surface area contributed by atoms with E-state index in [4.69, 9.17) is 0 Å². The van der Waals surface area contributed by atoms with E-state index in [0.717, 1.165) is 29.5 Å². The first-order valence-electron chi connectivity index (χ1n) is 7.39. The zero-order chi connectivity index (χ0) is 15.9. The largest absolute Gasteiger partial charge is 0.356 e. The average molecular weight is 325 g/mol. The molecule has 0 bridgehead atoms. The molecule has 1 saturated heterocycles. The number of nitrogens with zero attached hydrogens (tertiary/aromatic N) is 1. The van der Waals surface area contributed by atoms with Gasteiger partial charge in [0, 0.05) is 43.5 Å². The molecule has 2 rings (SSSR count). The van der Waals surface area contributed by atoms with Gasteiger partial charge in [0.1, 0.15) is 5.82 Å². The van der Waals surface area contributed by atoms with Crippen LogP contribution in [-0.4, -0.2) is 38.4 Å². The third kappa shape index (κ3) is 4.59. The standard InChI is InChI=1S/C15H24FN5S/c1-10-12(9-20-21-10)8-19-15(17-2)18-7-11-6-13(16)4-5-14(11)22-3/h4-6,10,12,20-21H,7-9H2,1-3H3,(H2,17,18,19). The number of benzene rings is 1. The fourth-order valence-electron chi connectivity index (χ4n) is 2.41. The van der Waals surface area contributed by atoms with Gasteiger partial charge in [-0.25, -0.2) is 4.39 Å². The number of rotatable bonds is 5. The summed E-state index contributed by atoms with van der Waals surface area (Å²) in [7, 11) is 1.74. The monoisotopic (exact) mass is 325 g/mol. The van der Waals surface area contributed by atoms with Gasteiger partial charge in [0.25, 0.3) is 0 Å². The molecular formula is C15H24FN5S. The maximum absolute atomic E-state index is 13.4. The highest BCUT2D eigenvalue weighted by molar-refractivity contribution is 7.98. The minimum Gasteiger partial charge on any atom is -0.356 e. The molecule has 1 aliphatic heterocycles. The van der Waals surface area contributed by atoms with Crippen molar-refractivity contribution in [2.24, 2.45) is 10.9 Å². The summed E-state index contributed by atoms with van der Waals surface area (Å²) in [5.74, 6) is 1.03. The van der Waals surface area contributed by atoms with Crippen LogP contribution in [0.15, 0.2) is 28.1 Å². The Labute approximate surface area is 135 Å². The molecule has 0 amide bonds.